The Morgan fingerprint density at radius 2 is 1.15 bits per heavy atom. The van der Waals surface area contributed by atoms with Crippen molar-refractivity contribution in [3.05, 3.63) is 24.3 Å². The monoisotopic (exact) mass is 790 g/mol. The van der Waals surface area contributed by atoms with Crippen LogP contribution < -0.4 is 5.32 Å². The summed E-state index contributed by atoms with van der Waals surface area (Å²) in [5.74, 6) is -0.256. The summed E-state index contributed by atoms with van der Waals surface area (Å²) in [7, 11) is 0. The van der Waals surface area contributed by atoms with Gasteiger partial charge in [0.25, 0.3) is 0 Å². The molecule has 9 N–H and O–H groups in total. The predicted molar refractivity (Wildman–Crippen MR) is 208 cm³/mol. The van der Waals surface area contributed by atoms with Gasteiger partial charge in [-0.2, -0.15) is 0 Å². The van der Waals surface area contributed by atoms with E-state index in [1.165, 1.54) is 38.5 Å². The quantitative estimate of drug-likeness (QED) is 0.0377. The van der Waals surface area contributed by atoms with E-state index < -0.39 is 86.8 Å². The zero-order chi connectivity index (χ0) is 40.4. The van der Waals surface area contributed by atoms with Crippen molar-refractivity contribution in [2.75, 3.05) is 19.8 Å². The maximum absolute atomic E-state index is 13.0. The molecule has 2 aliphatic rings. The van der Waals surface area contributed by atoms with Gasteiger partial charge in [-0.05, 0) is 44.9 Å². The van der Waals surface area contributed by atoms with Crippen LogP contribution in [-0.4, -0.2) is 140 Å². The zero-order valence-corrected chi connectivity index (χ0v) is 33.4. The van der Waals surface area contributed by atoms with Crippen molar-refractivity contribution in [3.63, 3.8) is 0 Å². The van der Waals surface area contributed by atoms with Crippen LogP contribution in [-0.2, 0) is 23.7 Å². The van der Waals surface area contributed by atoms with Gasteiger partial charge in [-0.25, -0.2) is 0 Å². The Labute approximate surface area is 328 Å². The van der Waals surface area contributed by atoms with E-state index in [1.807, 2.05) is 6.08 Å². The highest BCUT2D eigenvalue weighted by Crippen LogP contribution is 2.29. The third-order valence-corrected chi connectivity index (χ3v) is 10.4. The average molecular weight is 790 g/mol. The van der Waals surface area contributed by atoms with Gasteiger partial charge in [0.2, 0.25) is 5.91 Å². The van der Waals surface area contributed by atoms with Crippen LogP contribution in [0, 0.1) is 0 Å². The predicted octanol–water partition coefficient (Wildman–Crippen LogP) is 3.04. The van der Waals surface area contributed by atoms with Gasteiger partial charge in [-0.3, -0.25) is 4.79 Å². The Bertz CT molecular complexity index is 1030. The summed E-state index contributed by atoms with van der Waals surface area (Å²) in [6.45, 7) is 2.64. The maximum Gasteiger partial charge on any atom is 0.220 e. The number of aliphatic hydroxyl groups excluding tert-OH is 8. The van der Waals surface area contributed by atoms with Crippen LogP contribution in [0.25, 0.3) is 0 Å². The number of carbonyl (C=O) groups excluding carboxylic acids is 1. The van der Waals surface area contributed by atoms with Gasteiger partial charge in [0.05, 0.1) is 32.0 Å². The molecule has 0 saturated carbocycles. The molecule has 0 radical (unpaired) electrons. The SMILES string of the molecule is CCCCCC/C=C/C(O)C(COC1OC(CO)C(OC2OC(CO)C(O)C(O)C2O)C(O)C1O)NC(=O)CCCCCCC/C=C\CCCCCCCC. The first-order valence-electron chi connectivity index (χ1n) is 21.1. The lowest BCUT2D eigenvalue weighted by molar-refractivity contribution is -0.359. The molecule has 2 aliphatic heterocycles. The Hall–Kier alpha value is -1.53. The maximum atomic E-state index is 13.0. The number of carbonyl (C=O) groups is 1. The lowest BCUT2D eigenvalue weighted by Crippen LogP contribution is -2.65. The molecule has 14 nitrogen and oxygen atoms in total. The lowest BCUT2D eigenvalue weighted by Gasteiger charge is -2.46. The first-order valence-corrected chi connectivity index (χ1v) is 21.1. The first-order chi connectivity index (χ1) is 26.6. The van der Waals surface area contributed by atoms with Crippen LogP contribution in [0.1, 0.15) is 136 Å². The standard InChI is InChI=1S/C41H75NO13/c1-3-5-7-9-11-12-13-14-15-16-17-18-19-21-23-25-33(46)42-29(30(45)24-22-20-10-8-6-4-2)28-52-40-38(51)36(49)39(32(27-44)54-40)55-41-37(50)35(48)34(47)31(26-43)53-41/h14-15,22,24,29-32,34-41,43-45,47-51H,3-13,16-21,23,25-28H2,1-2H3,(H,42,46)/b15-14-,24-22+. The average Bonchev–Trinajstić information content (AvgIpc) is 3.18. The molecule has 12 atom stereocenters. The second-order valence-electron chi connectivity index (χ2n) is 15.1. The van der Waals surface area contributed by atoms with Gasteiger partial charge < -0.3 is 65.1 Å². The molecule has 322 valence electrons. The fraction of sp³-hybridized carbons (Fsp3) is 0.878. The molecule has 2 heterocycles. The van der Waals surface area contributed by atoms with Crippen molar-refractivity contribution in [1.82, 2.24) is 5.32 Å². The van der Waals surface area contributed by atoms with Crippen LogP contribution in [0.2, 0.25) is 0 Å². The Morgan fingerprint density at radius 1 is 0.636 bits per heavy atom. The number of ether oxygens (including phenoxy) is 4. The molecule has 0 aromatic rings. The number of unbranched alkanes of at least 4 members (excludes halogenated alkanes) is 15. The van der Waals surface area contributed by atoms with E-state index in [0.717, 1.165) is 70.6 Å². The number of rotatable bonds is 30. The number of aliphatic hydroxyl groups is 8. The molecule has 0 spiro atoms. The molecular formula is C41H75NO13. The summed E-state index contributed by atoms with van der Waals surface area (Å²) in [6.07, 6.45) is 11.3. The van der Waals surface area contributed by atoms with Crippen LogP contribution >= 0.6 is 0 Å². The van der Waals surface area contributed by atoms with Gasteiger partial charge in [-0.15, -0.1) is 0 Å². The van der Waals surface area contributed by atoms with E-state index in [9.17, 15) is 45.6 Å². The molecule has 1 amide bonds. The molecule has 0 aliphatic carbocycles. The highest BCUT2D eigenvalue weighted by molar-refractivity contribution is 5.76. The normalized spacial score (nSPS) is 29.9. The summed E-state index contributed by atoms with van der Waals surface area (Å²) in [5.41, 5.74) is 0. The smallest absolute Gasteiger partial charge is 0.220 e. The third kappa shape index (κ3) is 18.7. The highest BCUT2D eigenvalue weighted by atomic mass is 16.7. The van der Waals surface area contributed by atoms with Crippen molar-refractivity contribution < 1.29 is 64.6 Å². The second-order valence-corrected chi connectivity index (χ2v) is 15.1. The number of amides is 1. The van der Waals surface area contributed by atoms with Crippen molar-refractivity contribution in [2.24, 2.45) is 0 Å². The van der Waals surface area contributed by atoms with Crippen molar-refractivity contribution >= 4 is 5.91 Å². The van der Waals surface area contributed by atoms with Crippen LogP contribution in [0.3, 0.4) is 0 Å². The molecule has 55 heavy (non-hydrogen) atoms. The summed E-state index contributed by atoms with van der Waals surface area (Å²) >= 11 is 0. The summed E-state index contributed by atoms with van der Waals surface area (Å²) in [4.78, 5) is 13.0. The van der Waals surface area contributed by atoms with E-state index in [4.69, 9.17) is 18.9 Å². The molecule has 0 bridgehead atoms. The minimum atomic E-state index is -1.78. The lowest BCUT2D eigenvalue weighted by atomic mass is 9.97. The largest absolute Gasteiger partial charge is 0.394 e. The van der Waals surface area contributed by atoms with Gasteiger partial charge >= 0.3 is 0 Å². The van der Waals surface area contributed by atoms with E-state index in [-0.39, 0.29) is 18.9 Å². The topological polar surface area (TPSA) is 228 Å². The summed E-state index contributed by atoms with van der Waals surface area (Å²) in [5, 5.41) is 85.9. The summed E-state index contributed by atoms with van der Waals surface area (Å²) in [6, 6.07) is -0.911. The first kappa shape index (κ1) is 49.6. The van der Waals surface area contributed by atoms with Crippen LogP contribution in [0.5, 0.6) is 0 Å². The molecule has 0 aromatic heterocycles. The molecule has 14 heteroatoms. The minimum Gasteiger partial charge on any atom is -0.394 e. The fourth-order valence-electron chi connectivity index (χ4n) is 6.81. The molecule has 2 rings (SSSR count). The van der Waals surface area contributed by atoms with E-state index in [2.05, 4.69) is 31.3 Å². The third-order valence-electron chi connectivity index (χ3n) is 10.4. The number of nitrogens with one attached hydrogen (secondary N) is 1. The van der Waals surface area contributed by atoms with Gasteiger partial charge in [0.1, 0.15) is 48.8 Å². The highest BCUT2D eigenvalue weighted by Gasteiger charge is 2.50. The zero-order valence-electron chi connectivity index (χ0n) is 33.4. The minimum absolute atomic E-state index is 0.256. The van der Waals surface area contributed by atoms with E-state index in [1.54, 1.807) is 6.08 Å². The Morgan fingerprint density at radius 3 is 1.75 bits per heavy atom. The Kier molecular flexibility index (Phi) is 26.7. The van der Waals surface area contributed by atoms with Crippen molar-refractivity contribution in [3.8, 4) is 0 Å². The van der Waals surface area contributed by atoms with E-state index in [0.29, 0.717) is 6.42 Å². The number of allylic oxidation sites excluding steroid dienone is 3. The van der Waals surface area contributed by atoms with Gasteiger partial charge in [-0.1, -0.05) is 109 Å². The second kappa shape index (κ2) is 29.6. The number of hydrogen-bond acceptors (Lipinski definition) is 13. The molecule has 12 unspecified atom stereocenters. The molecule has 2 fully saturated rings. The number of hydrogen-bond donors (Lipinski definition) is 9. The van der Waals surface area contributed by atoms with Gasteiger partial charge in [0, 0.05) is 6.42 Å². The summed E-state index contributed by atoms with van der Waals surface area (Å²) < 4.78 is 22.5. The Balaban J connectivity index is 1.87. The van der Waals surface area contributed by atoms with Crippen LogP contribution in [0.4, 0.5) is 0 Å². The van der Waals surface area contributed by atoms with Gasteiger partial charge in [0.15, 0.2) is 12.6 Å². The van der Waals surface area contributed by atoms with E-state index >= 15 is 0 Å². The molecule has 0 aromatic carbocycles. The molecular weight excluding hydrogens is 714 g/mol. The van der Waals surface area contributed by atoms with Crippen molar-refractivity contribution in [1.29, 1.82) is 0 Å². The van der Waals surface area contributed by atoms with Crippen LogP contribution in [0.15, 0.2) is 24.3 Å². The fourth-order valence-corrected chi connectivity index (χ4v) is 6.81. The van der Waals surface area contributed by atoms with Crippen molar-refractivity contribution in [2.45, 2.75) is 209 Å². The molecule has 2 saturated heterocycles.